The Bertz CT molecular complexity index is 542. The Morgan fingerprint density at radius 3 is 2.46 bits per heavy atom. The van der Waals surface area contributed by atoms with Gasteiger partial charge in [0, 0.05) is 30.4 Å². The van der Waals surface area contributed by atoms with E-state index in [0.29, 0.717) is 17.8 Å². The molecule has 0 spiro atoms. The van der Waals surface area contributed by atoms with E-state index >= 15 is 0 Å². The Hall–Kier alpha value is -1.92. The lowest BCUT2D eigenvalue weighted by Crippen LogP contribution is -2.35. The van der Waals surface area contributed by atoms with Gasteiger partial charge in [0.2, 0.25) is 5.91 Å². The summed E-state index contributed by atoms with van der Waals surface area (Å²) in [4.78, 5) is 26.5. The first-order valence-corrected chi connectivity index (χ1v) is 8.56. The summed E-state index contributed by atoms with van der Waals surface area (Å²) in [6, 6.07) is 6.71. The smallest absolute Gasteiger partial charge is 0.251 e. The minimum Gasteiger partial charge on any atom is -0.351 e. The molecule has 0 bridgehead atoms. The number of hydrogen-bond acceptors (Lipinski definition) is 4. The van der Waals surface area contributed by atoms with Gasteiger partial charge >= 0.3 is 0 Å². The van der Waals surface area contributed by atoms with Crippen LogP contribution in [0.4, 0.5) is 5.69 Å². The third kappa shape index (κ3) is 6.29. The number of nitrogens with two attached hydrogens (primary N) is 1. The predicted octanol–water partition coefficient (Wildman–Crippen LogP) is 1.68. The van der Waals surface area contributed by atoms with E-state index in [4.69, 9.17) is 5.73 Å². The Kier molecular flexibility index (Phi) is 8.43. The molecule has 0 aliphatic carbocycles. The van der Waals surface area contributed by atoms with Gasteiger partial charge in [-0.1, -0.05) is 26.8 Å². The van der Waals surface area contributed by atoms with Crippen molar-refractivity contribution in [2.45, 2.75) is 33.7 Å². The van der Waals surface area contributed by atoms with Crippen molar-refractivity contribution >= 4 is 17.5 Å². The highest BCUT2D eigenvalue weighted by molar-refractivity contribution is 5.97. The highest BCUT2D eigenvalue weighted by Gasteiger charge is 2.17. The van der Waals surface area contributed by atoms with Crippen LogP contribution in [0, 0.1) is 5.92 Å². The van der Waals surface area contributed by atoms with Crippen molar-refractivity contribution in [2.24, 2.45) is 11.7 Å². The molecule has 0 aliphatic rings. The number of likely N-dealkylation sites (N-methyl/N-ethyl adjacent to an activating group) is 1. The molecule has 1 aromatic carbocycles. The molecule has 0 saturated carbocycles. The lowest BCUT2D eigenvalue weighted by molar-refractivity contribution is -0.119. The van der Waals surface area contributed by atoms with Crippen molar-refractivity contribution in [1.29, 1.82) is 0 Å². The Labute approximate surface area is 144 Å². The largest absolute Gasteiger partial charge is 0.351 e. The van der Waals surface area contributed by atoms with E-state index in [1.165, 1.54) is 0 Å². The van der Waals surface area contributed by atoms with Crippen molar-refractivity contribution in [2.75, 3.05) is 31.5 Å². The standard InChI is InChI=1S/C18H30N4O2/c1-5-22(6-2)11-10-20-18(24)15-8-7-9-16(12-15)21-17(23)13(3)14(4)19/h7-9,12-14H,5-6,10-11,19H2,1-4H3,(H,20,24)(H,21,23). The normalized spacial score (nSPS) is 13.4. The van der Waals surface area contributed by atoms with Crippen molar-refractivity contribution in [1.82, 2.24) is 10.2 Å². The molecule has 2 amide bonds. The predicted molar refractivity (Wildman–Crippen MR) is 98.0 cm³/mol. The van der Waals surface area contributed by atoms with Crippen LogP contribution in [0.2, 0.25) is 0 Å². The molecule has 24 heavy (non-hydrogen) atoms. The van der Waals surface area contributed by atoms with Crippen LogP contribution in [0.25, 0.3) is 0 Å². The van der Waals surface area contributed by atoms with Crippen molar-refractivity contribution in [3.8, 4) is 0 Å². The number of carbonyl (C=O) groups is 2. The summed E-state index contributed by atoms with van der Waals surface area (Å²) in [7, 11) is 0. The molecule has 1 rings (SSSR count). The zero-order valence-electron chi connectivity index (χ0n) is 15.1. The summed E-state index contributed by atoms with van der Waals surface area (Å²) in [5.74, 6) is -0.584. The number of nitrogens with zero attached hydrogens (tertiary/aromatic N) is 1. The van der Waals surface area contributed by atoms with Crippen LogP contribution in [-0.2, 0) is 4.79 Å². The lowest BCUT2D eigenvalue weighted by Gasteiger charge is -2.18. The van der Waals surface area contributed by atoms with Gasteiger partial charge in [-0.25, -0.2) is 0 Å². The number of hydrogen-bond donors (Lipinski definition) is 3. The molecular weight excluding hydrogens is 304 g/mol. The van der Waals surface area contributed by atoms with Gasteiger partial charge in [-0.05, 0) is 38.2 Å². The van der Waals surface area contributed by atoms with Gasteiger partial charge in [0.05, 0.1) is 5.92 Å². The molecule has 0 radical (unpaired) electrons. The van der Waals surface area contributed by atoms with Gasteiger partial charge in [0.15, 0.2) is 0 Å². The molecule has 6 heteroatoms. The number of rotatable bonds is 9. The Balaban J connectivity index is 2.61. The Morgan fingerprint density at radius 1 is 1.21 bits per heavy atom. The average molecular weight is 334 g/mol. The van der Waals surface area contributed by atoms with Crippen LogP contribution in [-0.4, -0.2) is 48.9 Å². The maximum Gasteiger partial charge on any atom is 0.251 e. The molecule has 0 heterocycles. The van der Waals surface area contributed by atoms with Crippen LogP contribution in [0.1, 0.15) is 38.1 Å². The molecule has 0 fully saturated rings. The first-order valence-electron chi connectivity index (χ1n) is 8.56. The summed E-state index contributed by atoms with van der Waals surface area (Å²) >= 11 is 0. The number of amides is 2. The highest BCUT2D eigenvalue weighted by atomic mass is 16.2. The molecule has 6 nitrogen and oxygen atoms in total. The van der Waals surface area contributed by atoms with Crippen molar-refractivity contribution in [3.05, 3.63) is 29.8 Å². The van der Waals surface area contributed by atoms with Gasteiger partial charge < -0.3 is 21.3 Å². The van der Waals surface area contributed by atoms with E-state index in [1.54, 1.807) is 38.1 Å². The van der Waals surface area contributed by atoms with E-state index < -0.39 is 0 Å². The van der Waals surface area contributed by atoms with Gasteiger partial charge in [0.25, 0.3) is 5.91 Å². The highest BCUT2D eigenvalue weighted by Crippen LogP contribution is 2.13. The first-order chi connectivity index (χ1) is 11.4. The molecule has 0 aromatic heterocycles. The van der Waals surface area contributed by atoms with E-state index in [1.807, 2.05) is 0 Å². The summed E-state index contributed by atoms with van der Waals surface area (Å²) in [5.41, 5.74) is 6.87. The van der Waals surface area contributed by atoms with E-state index in [2.05, 4.69) is 29.4 Å². The minimum absolute atomic E-state index is 0.140. The van der Waals surface area contributed by atoms with Crippen LogP contribution in [0.15, 0.2) is 24.3 Å². The zero-order chi connectivity index (χ0) is 18.1. The Morgan fingerprint density at radius 2 is 1.88 bits per heavy atom. The second-order valence-corrected chi connectivity index (χ2v) is 6.00. The summed E-state index contributed by atoms with van der Waals surface area (Å²) in [6.07, 6.45) is 0. The summed E-state index contributed by atoms with van der Waals surface area (Å²) < 4.78 is 0. The average Bonchev–Trinajstić information content (AvgIpc) is 2.57. The molecule has 1 aromatic rings. The van der Waals surface area contributed by atoms with Crippen molar-refractivity contribution < 1.29 is 9.59 Å². The molecule has 2 unspecified atom stereocenters. The lowest BCUT2D eigenvalue weighted by atomic mass is 10.0. The second kappa shape index (κ2) is 10.1. The zero-order valence-corrected chi connectivity index (χ0v) is 15.1. The third-order valence-electron chi connectivity index (χ3n) is 4.20. The molecule has 4 N–H and O–H groups in total. The second-order valence-electron chi connectivity index (χ2n) is 6.00. The van der Waals surface area contributed by atoms with E-state index in [-0.39, 0.29) is 23.8 Å². The number of carbonyl (C=O) groups excluding carboxylic acids is 2. The third-order valence-corrected chi connectivity index (χ3v) is 4.20. The fourth-order valence-corrected chi connectivity index (χ4v) is 2.20. The van der Waals surface area contributed by atoms with Crippen LogP contribution in [0.3, 0.4) is 0 Å². The van der Waals surface area contributed by atoms with Crippen LogP contribution >= 0.6 is 0 Å². The topological polar surface area (TPSA) is 87.5 Å². The number of benzene rings is 1. The maximum absolute atomic E-state index is 12.2. The fraction of sp³-hybridized carbons (Fsp3) is 0.556. The van der Waals surface area contributed by atoms with Gasteiger partial charge in [0.1, 0.15) is 0 Å². The van der Waals surface area contributed by atoms with Gasteiger partial charge in [-0.2, -0.15) is 0 Å². The summed E-state index contributed by atoms with van der Waals surface area (Å²) in [6.45, 7) is 11.1. The SMILES string of the molecule is CCN(CC)CCNC(=O)c1cccc(NC(=O)C(C)C(C)N)c1. The van der Waals surface area contributed by atoms with E-state index in [9.17, 15) is 9.59 Å². The maximum atomic E-state index is 12.2. The monoisotopic (exact) mass is 334 g/mol. The molecule has 0 aliphatic heterocycles. The van der Waals surface area contributed by atoms with Gasteiger partial charge in [-0.15, -0.1) is 0 Å². The van der Waals surface area contributed by atoms with E-state index in [0.717, 1.165) is 19.6 Å². The molecule has 2 atom stereocenters. The molecular formula is C18H30N4O2. The first kappa shape index (κ1) is 20.1. The number of anilines is 1. The fourth-order valence-electron chi connectivity index (χ4n) is 2.20. The minimum atomic E-state index is -0.295. The summed E-state index contributed by atoms with van der Waals surface area (Å²) in [5, 5.41) is 5.71. The van der Waals surface area contributed by atoms with Crippen molar-refractivity contribution in [3.63, 3.8) is 0 Å². The molecule has 0 saturated heterocycles. The molecule has 134 valence electrons. The number of nitrogens with one attached hydrogen (secondary N) is 2. The van der Waals surface area contributed by atoms with Crippen LogP contribution < -0.4 is 16.4 Å². The quantitative estimate of drug-likeness (QED) is 0.641. The van der Waals surface area contributed by atoms with Crippen LogP contribution in [0.5, 0.6) is 0 Å². The van der Waals surface area contributed by atoms with Gasteiger partial charge in [-0.3, -0.25) is 9.59 Å².